The van der Waals surface area contributed by atoms with Crippen molar-refractivity contribution in [3.05, 3.63) is 41.2 Å². The number of hydrogen-bond acceptors (Lipinski definition) is 6. The summed E-state index contributed by atoms with van der Waals surface area (Å²) in [5.74, 6) is 0. The van der Waals surface area contributed by atoms with E-state index in [1.807, 2.05) is 6.33 Å². The van der Waals surface area contributed by atoms with Crippen LogP contribution in [0.5, 0.6) is 0 Å². The first kappa shape index (κ1) is 24.4. The SMILES string of the molecule is CCCN(CC)c1sc(-c2ccc3c(c2)ncn3C2CCCCC2)c2nc[nH]c(=O)c12.CCO. The predicted molar refractivity (Wildman–Crippen MR) is 142 cm³/mol. The van der Waals surface area contributed by atoms with E-state index in [4.69, 9.17) is 10.1 Å². The molecule has 8 heteroatoms. The van der Waals surface area contributed by atoms with Crippen molar-refractivity contribution in [2.45, 2.75) is 65.3 Å². The number of thiophene rings is 1. The number of nitrogens with one attached hydrogen (secondary N) is 1. The van der Waals surface area contributed by atoms with Crippen molar-refractivity contribution in [1.29, 1.82) is 0 Å². The van der Waals surface area contributed by atoms with Crippen LogP contribution in [0.25, 0.3) is 32.4 Å². The first-order chi connectivity index (χ1) is 16.6. The van der Waals surface area contributed by atoms with E-state index in [0.29, 0.717) is 11.4 Å². The number of aliphatic hydroxyl groups excluding tert-OH is 1. The van der Waals surface area contributed by atoms with Gasteiger partial charge in [0.05, 0.1) is 34.1 Å². The molecule has 0 saturated heterocycles. The summed E-state index contributed by atoms with van der Waals surface area (Å²) in [5, 5.41) is 9.28. The van der Waals surface area contributed by atoms with Gasteiger partial charge in [-0.2, -0.15) is 0 Å². The maximum absolute atomic E-state index is 12.7. The third kappa shape index (κ3) is 4.74. The van der Waals surface area contributed by atoms with Gasteiger partial charge in [-0.25, -0.2) is 9.97 Å². The van der Waals surface area contributed by atoms with Crippen molar-refractivity contribution in [3.63, 3.8) is 0 Å². The van der Waals surface area contributed by atoms with Crippen LogP contribution in [0, 0.1) is 0 Å². The largest absolute Gasteiger partial charge is 0.397 e. The summed E-state index contributed by atoms with van der Waals surface area (Å²) in [7, 11) is 0. The van der Waals surface area contributed by atoms with E-state index in [0.717, 1.165) is 46.0 Å². The van der Waals surface area contributed by atoms with E-state index in [9.17, 15) is 4.79 Å². The molecule has 7 nitrogen and oxygen atoms in total. The maximum Gasteiger partial charge on any atom is 0.261 e. The lowest BCUT2D eigenvalue weighted by atomic mass is 9.95. The highest BCUT2D eigenvalue weighted by Gasteiger charge is 2.22. The Morgan fingerprint density at radius 1 is 1.18 bits per heavy atom. The lowest BCUT2D eigenvalue weighted by Gasteiger charge is -2.23. The van der Waals surface area contributed by atoms with Crippen molar-refractivity contribution in [1.82, 2.24) is 19.5 Å². The Kier molecular flexibility index (Phi) is 8.00. The quantitative estimate of drug-likeness (QED) is 0.367. The second-order valence-electron chi connectivity index (χ2n) is 8.73. The van der Waals surface area contributed by atoms with Gasteiger partial charge < -0.3 is 19.6 Å². The highest BCUT2D eigenvalue weighted by Crippen LogP contribution is 2.42. The van der Waals surface area contributed by atoms with E-state index < -0.39 is 0 Å². The molecule has 0 unspecified atom stereocenters. The summed E-state index contributed by atoms with van der Waals surface area (Å²) in [6, 6.07) is 7.07. The number of benzene rings is 1. The van der Waals surface area contributed by atoms with Crippen LogP contribution in [0.15, 0.2) is 35.6 Å². The first-order valence-corrected chi connectivity index (χ1v) is 13.3. The van der Waals surface area contributed by atoms with Crippen LogP contribution in [0.3, 0.4) is 0 Å². The Labute approximate surface area is 204 Å². The molecular formula is C26H35N5O2S. The van der Waals surface area contributed by atoms with E-state index >= 15 is 0 Å². The summed E-state index contributed by atoms with van der Waals surface area (Å²) >= 11 is 1.66. The molecule has 34 heavy (non-hydrogen) atoms. The number of anilines is 1. The molecule has 1 fully saturated rings. The predicted octanol–water partition coefficient (Wildman–Crippen LogP) is 5.74. The van der Waals surface area contributed by atoms with E-state index in [-0.39, 0.29) is 12.2 Å². The Morgan fingerprint density at radius 3 is 2.65 bits per heavy atom. The summed E-state index contributed by atoms with van der Waals surface area (Å²) in [6.45, 7) is 8.01. The molecule has 1 aliphatic rings. The van der Waals surface area contributed by atoms with E-state index in [1.165, 1.54) is 43.9 Å². The molecule has 5 rings (SSSR count). The van der Waals surface area contributed by atoms with Crippen molar-refractivity contribution in [2.75, 3.05) is 24.6 Å². The number of hydrogen-bond donors (Lipinski definition) is 2. The standard InChI is InChI=1S/C24H29N5OS.C2H6O/c1-3-12-28(4-2)24-20-21(25-14-26-23(20)30)22(31-24)16-10-11-19-18(13-16)27-15-29(19)17-8-6-5-7-9-17;1-2-3/h10-11,13-15,17H,3-9,12H2,1-2H3,(H,25,26,30);3H,2H2,1H3. The first-order valence-electron chi connectivity index (χ1n) is 12.5. The van der Waals surface area contributed by atoms with E-state index in [2.05, 4.69) is 51.5 Å². The van der Waals surface area contributed by atoms with Crippen molar-refractivity contribution >= 4 is 38.3 Å². The smallest absolute Gasteiger partial charge is 0.261 e. The van der Waals surface area contributed by atoms with Crippen LogP contribution < -0.4 is 10.5 Å². The van der Waals surface area contributed by atoms with Gasteiger partial charge in [-0.15, -0.1) is 11.3 Å². The zero-order valence-corrected chi connectivity index (χ0v) is 21.2. The van der Waals surface area contributed by atoms with Crippen LogP contribution in [-0.4, -0.2) is 44.3 Å². The average molecular weight is 482 g/mol. The number of aliphatic hydroxyl groups is 1. The summed E-state index contributed by atoms with van der Waals surface area (Å²) in [6.07, 6.45) is 11.0. The average Bonchev–Trinajstić information content (AvgIpc) is 3.46. The minimum Gasteiger partial charge on any atom is -0.397 e. The molecule has 1 aromatic carbocycles. The lowest BCUT2D eigenvalue weighted by molar-refractivity contribution is 0.318. The molecule has 0 spiro atoms. The van der Waals surface area contributed by atoms with Crippen LogP contribution >= 0.6 is 11.3 Å². The lowest BCUT2D eigenvalue weighted by Crippen LogP contribution is -2.23. The van der Waals surface area contributed by atoms with Gasteiger partial charge >= 0.3 is 0 Å². The Hall–Kier alpha value is -2.71. The number of aromatic nitrogens is 4. The Bertz CT molecular complexity index is 1290. The van der Waals surface area contributed by atoms with Gasteiger partial charge in [0, 0.05) is 25.7 Å². The molecule has 182 valence electrons. The highest BCUT2D eigenvalue weighted by molar-refractivity contribution is 7.21. The van der Waals surface area contributed by atoms with Gasteiger partial charge in [-0.05, 0) is 50.8 Å². The summed E-state index contributed by atoms with van der Waals surface area (Å²) in [4.78, 5) is 28.1. The van der Waals surface area contributed by atoms with Gasteiger partial charge in [-0.3, -0.25) is 4.79 Å². The number of H-pyrrole nitrogens is 1. The molecule has 0 amide bonds. The molecule has 3 heterocycles. The monoisotopic (exact) mass is 481 g/mol. The normalized spacial score (nSPS) is 14.4. The molecule has 0 atom stereocenters. The number of nitrogens with zero attached hydrogens (tertiary/aromatic N) is 4. The molecule has 0 bridgehead atoms. The molecule has 0 aliphatic heterocycles. The fraction of sp³-hybridized carbons (Fsp3) is 0.500. The van der Waals surface area contributed by atoms with Crippen molar-refractivity contribution in [2.24, 2.45) is 0 Å². The van der Waals surface area contributed by atoms with Crippen molar-refractivity contribution < 1.29 is 5.11 Å². The van der Waals surface area contributed by atoms with Gasteiger partial charge in [0.2, 0.25) is 0 Å². The number of fused-ring (bicyclic) bond motifs is 2. The number of aromatic amines is 1. The Balaban J connectivity index is 0.000000868. The molecular weight excluding hydrogens is 446 g/mol. The minimum absolute atomic E-state index is 0.0697. The molecule has 2 N–H and O–H groups in total. The topological polar surface area (TPSA) is 87.0 Å². The van der Waals surface area contributed by atoms with Crippen molar-refractivity contribution in [3.8, 4) is 10.4 Å². The molecule has 3 aromatic heterocycles. The third-order valence-electron chi connectivity index (χ3n) is 6.45. The number of rotatable bonds is 6. The second kappa shape index (κ2) is 11.1. The fourth-order valence-electron chi connectivity index (χ4n) is 4.88. The molecule has 0 radical (unpaired) electrons. The summed E-state index contributed by atoms with van der Waals surface area (Å²) in [5.41, 5.74) is 4.00. The van der Waals surface area contributed by atoms with Crippen LogP contribution in [-0.2, 0) is 0 Å². The molecule has 1 saturated carbocycles. The highest BCUT2D eigenvalue weighted by atomic mass is 32.1. The van der Waals surface area contributed by atoms with Gasteiger partial charge in [0.1, 0.15) is 10.4 Å². The zero-order valence-electron chi connectivity index (χ0n) is 20.4. The second-order valence-corrected chi connectivity index (χ2v) is 9.73. The van der Waals surface area contributed by atoms with Crippen LogP contribution in [0.4, 0.5) is 5.00 Å². The minimum atomic E-state index is -0.0697. The Morgan fingerprint density at radius 2 is 1.94 bits per heavy atom. The van der Waals surface area contributed by atoms with Gasteiger partial charge in [0.15, 0.2) is 0 Å². The number of imidazole rings is 1. The maximum atomic E-state index is 12.7. The molecule has 4 aromatic rings. The van der Waals surface area contributed by atoms with Crippen LogP contribution in [0.2, 0.25) is 0 Å². The van der Waals surface area contributed by atoms with Gasteiger partial charge in [0.25, 0.3) is 5.56 Å². The summed E-state index contributed by atoms with van der Waals surface area (Å²) < 4.78 is 2.36. The van der Waals surface area contributed by atoms with E-state index in [1.54, 1.807) is 18.3 Å². The van der Waals surface area contributed by atoms with Crippen LogP contribution in [0.1, 0.15) is 65.3 Å². The molecule has 1 aliphatic carbocycles. The fourth-order valence-corrected chi connectivity index (χ4v) is 6.21. The third-order valence-corrected chi connectivity index (χ3v) is 7.74. The zero-order chi connectivity index (χ0) is 24.1. The van der Waals surface area contributed by atoms with Gasteiger partial charge in [-0.1, -0.05) is 32.3 Å².